The number of aromatic hydroxyl groups is 1. The van der Waals surface area contributed by atoms with Gasteiger partial charge in [-0.05, 0) is 80.6 Å². The summed E-state index contributed by atoms with van der Waals surface area (Å²) in [6.07, 6.45) is 10.3. The fourth-order valence-corrected chi connectivity index (χ4v) is 3.53. The van der Waals surface area contributed by atoms with Gasteiger partial charge in [-0.1, -0.05) is 25.7 Å². The first-order chi connectivity index (χ1) is 15.7. The number of ether oxygens (including phenoxy) is 4. The Labute approximate surface area is 190 Å². The zero-order valence-electron chi connectivity index (χ0n) is 18.7. The van der Waals surface area contributed by atoms with Crippen LogP contribution in [0.4, 0.5) is 0 Å². The lowest BCUT2D eigenvalue weighted by atomic mass is 10.1. The van der Waals surface area contributed by atoms with E-state index in [0.717, 1.165) is 51.1 Å². The first-order valence-electron chi connectivity index (χ1n) is 11.7. The molecule has 2 aromatic carbocycles. The number of esters is 1. The molecule has 1 aliphatic heterocycles. The normalized spacial score (nSPS) is 15.9. The Kier molecular flexibility index (Phi) is 10.4. The van der Waals surface area contributed by atoms with Crippen LogP contribution in [0.2, 0.25) is 0 Å². The molecule has 1 atom stereocenters. The number of unbranched alkanes of at least 4 members (excludes halogenated alkanes) is 5. The summed E-state index contributed by atoms with van der Waals surface area (Å²) in [7, 11) is 0. The van der Waals surface area contributed by atoms with Gasteiger partial charge >= 0.3 is 5.97 Å². The Morgan fingerprint density at radius 1 is 0.844 bits per heavy atom. The Morgan fingerprint density at radius 2 is 1.50 bits per heavy atom. The molecule has 1 heterocycles. The number of hydrogen-bond acceptors (Lipinski definition) is 6. The van der Waals surface area contributed by atoms with Crippen molar-refractivity contribution in [3.8, 4) is 17.2 Å². The fraction of sp³-hybridized carbons (Fsp3) is 0.500. The summed E-state index contributed by atoms with van der Waals surface area (Å²) < 4.78 is 22.4. The van der Waals surface area contributed by atoms with Crippen LogP contribution < -0.4 is 9.47 Å². The highest BCUT2D eigenvalue weighted by Crippen LogP contribution is 2.19. The maximum absolute atomic E-state index is 12.2. The molecular formula is C26H34O6. The fourth-order valence-electron chi connectivity index (χ4n) is 3.53. The van der Waals surface area contributed by atoms with Gasteiger partial charge in [0.05, 0.1) is 12.2 Å². The lowest BCUT2D eigenvalue weighted by molar-refractivity contribution is -0.162. The molecule has 6 heteroatoms. The lowest BCUT2D eigenvalue weighted by Gasteiger charge is -2.22. The van der Waals surface area contributed by atoms with Crippen LogP contribution in [0, 0.1) is 0 Å². The third kappa shape index (κ3) is 8.89. The Hall–Kier alpha value is -2.57. The molecule has 1 N–H and O–H groups in total. The van der Waals surface area contributed by atoms with Gasteiger partial charge in [0.15, 0.2) is 6.29 Å². The van der Waals surface area contributed by atoms with E-state index >= 15 is 0 Å². The second kappa shape index (κ2) is 13.8. The molecule has 0 saturated carbocycles. The molecule has 0 spiro atoms. The van der Waals surface area contributed by atoms with Crippen molar-refractivity contribution in [2.24, 2.45) is 0 Å². The van der Waals surface area contributed by atoms with E-state index < -0.39 is 5.97 Å². The monoisotopic (exact) mass is 442 g/mol. The molecule has 1 fully saturated rings. The van der Waals surface area contributed by atoms with E-state index in [1.54, 1.807) is 36.4 Å². The van der Waals surface area contributed by atoms with E-state index in [1.165, 1.54) is 37.8 Å². The zero-order chi connectivity index (χ0) is 22.4. The summed E-state index contributed by atoms with van der Waals surface area (Å²) in [5.74, 6) is 0.812. The second-order valence-corrected chi connectivity index (χ2v) is 8.04. The van der Waals surface area contributed by atoms with Crippen molar-refractivity contribution in [2.75, 3.05) is 19.8 Å². The highest BCUT2D eigenvalue weighted by Gasteiger charge is 2.13. The molecule has 0 aliphatic carbocycles. The van der Waals surface area contributed by atoms with Crippen molar-refractivity contribution in [1.82, 2.24) is 0 Å². The van der Waals surface area contributed by atoms with Crippen LogP contribution in [0.15, 0.2) is 48.5 Å². The van der Waals surface area contributed by atoms with Gasteiger partial charge in [-0.25, -0.2) is 4.79 Å². The Morgan fingerprint density at radius 3 is 2.19 bits per heavy atom. The van der Waals surface area contributed by atoms with E-state index in [4.69, 9.17) is 18.9 Å². The van der Waals surface area contributed by atoms with Crippen molar-refractivity contribution in [1.29, 1.82) is 0 Å². The quantitative estimate of drug-likeness (QED) is 0.237. The average Bonchev–Trinajstić information content (AvgIpc) is 2.83. The molecule has 0 amide bonds. The molecule has 32 heavy (non-hydrogen) atoms. The van der Waals surface area contributed by atoms with Gasteiger partial charge < -0.3 is 24.1 Å². The van der Waals surface area contributed by atoms with Crippen molar-refractivity contribution in [3.05, 3.63) is 54.1 Å². The highest BCUT2D eigenvalue weighted by atomic mass is 16.7. The minimum Gasteiger partial charge on any atom is -0.508 e. The van der Waals surface area contributed by atoms with Crippen LogP contribution in [0.5, 0.6) is 17.2 Å². The van der Waals surface area contributed by atoms with Crippen LogP contribution in [-0.4, -0.2) is 37.2 Å². The molecule has 3 rings (SSSR count). The number of hydrogen-bond donors (Lipinski definition) is 1. The van der Waals surface area contributed by atoms with E-state index in [2.05, 4.69) is 0 Å². The highest BCUT2D eigenvalue weighted by molar-refractivity contribution is 5.91. The topological polar surface area (TPSA) is 74.2 Å². The van der Waals surface area contributed by atoms with Gasteiger partial charge in [0.25, 0.3) is 0 Å². The summed E-state index contributed by atoms with van der Waals surface area (Å²) in [4.78, 5) is 12.2. The third-order valence-electron chi connectivity index (χ3n) is 5.39. The number of rotatable bonds is 13. The van der Waals surface area contributed by atoms with E-state index in [0.29, 0.717) is 17.9 Å². The third-order valence-corrected chi connectivity index (χ3v) is 5.39. The van der Waals surface area contributed by atoms with Crippen LogP contribution in [0.1, 0.15) is 68.1 Å². The molecule has 1 aliphatic rings. The molecule has 1 unspecified atom stereocenters. The minimum atomic E-state index is -0.445. The van der Waals surface area contributed by atoms with Crippen LogP contribution in [-0.2, 0) is 9.47 Å². The van der Waals surface area contributed by atoms with Gasteiger partial charge in [-0.2, -0.15) is 0 Å². The largest absolute Gasteiger partial charge is 0.508 e. The summed E-state index contributed by atoms with van der Waals surface area (Å²) in [6, 6.07) is 13.0. The second-order valence-electron chi connectivity index (χ2n) is 8.04. The predicted octanol–water partition coefficient (Wildman–Crippen LogP) is 5.87. The Bertz CT molecular complexity index is 781. The van der Waals surface area contributed by atoms with Gasteiger partial charge in [0.2, 0.25) is 0 Å². The molecule has 0 aromatic heterocycles. The number of phenolic OH excluding ortho intramolecular Hbond substituents is 1. The van der Waals surface area contributed by atoms with Crippen LogP contribution in [0.25, 0.3) is 0 Å². The standard InChI is InChI=1S/C26H34O6/c27-22-12-16-24(17-13-22)32-26(28)21-10-14-23(15-11-21)29-18-6-3-1-2-4-7-19-30-25-9-5-8-20-31-25/h10-17,25,27H,1-9,18-20H2. The maximum atomic E-state index is 12.2. The number of carbonyl (C=O) groups excluding carboxylic acids is 1. The maximum Gasteiger partial charge on any atom is 0.343 e. The first kappa shape index (κ1) is 24.1. The number of phenols is 1. The van der Waals surface area contributed by atoms with Crippen molar-refractivity contribution in [3.63, 3.8) is 0 Å². The van der Waals surface area contributed by atoms with Gasteiger partial charge in [-0.15, -0.1) is 0 Å². The molecular weight excluding hydrogens is 408 g/mol. The van der Waals surface area contributed by atoms with Crippen LogP contribution >= 0.6 is 0 Å². The summed E-state index contributed by atoms with van der Waals surface area (Å²) in [6.45, 7) is 2.30. The van der Waals surface area contributed by atoms with Gasteiger partial charge in [0.1, 0.15) is 17.2 Å². The lowest BCUT2D eigenvalue weighted by Crippen LogP contribution is -2.22. The molecule has 1 saturated heterocycles. The SMILES string of the molecule is O=C(Oc1ccc(O)cc1)c1ccc(OCCCCCCCCOC2CCCCO2)cc1. The van der Waals surface area contributed by atoms with E-state index in [9.17, 15) is 9.90 Å². The summed E-state index contributed by atoms with van der Waals surface area (Å²) in [5.41, 5.74) is 0.449. The van der Waals surface area contributed by atoms with Crippen LogP contribution in [0.3, 0.4) is 0 Å². The number of carbonyl (C=O) groups is 1. The zero-order valence-corrected chi connectivity index (χ0v) is 18.7. The number of benzene rings is 2. The summed E-state index contributed by atoms with van der Waals surface area (Å²) >= 11 is 0. The van der Waals surface area contributed by atoms with Crippen molar-refractivity contribution < 1.29 is 28.8 Å². The Balaban J connectivity index is 1.20. The predicted molar refractivity (Wildman–Crippen MR) is 122 cm³/mol. The van der Waals surface area contributed by atoms with Crippen molar-refractivity contribution in [2.45, 2.75) is 64.1 Å². The molecule has 2 aromatic rings. The van der Waals surface area contributed by atoms with E-state index in [1.807, 2.05) is 0 Å². The van der Waals surface area contributed by atoms with Gasteiger partial charge in [-0.3, -0.25) is 0 Å². The minimum absolute atomic E-state index is 0.0277. The van der Waals surface area contributed by atoms with Crippen molar-refractivity contribution >= 4 is 5.97 Å². The van der Waals surface area contributed by atoms with E-state index in [-0.39, 0.29) is 12.0 Å². The summed E-state index contributed by atoms with van der Waals surface area (Å²) in [5, 5.41) is 9.28. The molecule has 174 valence electrons. The molecule has 0 bridgehead atoms. The average molecular weight is 443 g/mol. The smallest absolute Gasteiger partial charge is 0.343 e. The molecule has 6 nitrogen and oxygen atoms in total. The molecule has 0 radical (unpaired) electrons. The van der Waals surface area contributed by atoms with Gasteiger partial charge in [0, 0.05) is 13.2 Å². The first-order valence-corrected chi connectivity index (χ1v) is 11.7.